The highest BCUT2D eigenvalue weighted by atomic mass is 16.5. The van der Waals surface area contributed by atoms with E-state index in [0.717, 1.165) is 64.2 Å². The number of rotatable bonds is 16. The Balaban J connectivity index is 2.72. The maximum absolute atomic E-state index is 12.7. The molecule has 0 aromatic heterocycles. The van der Waals surface area contributed by atoms with E-state index < -0.39 is 11.9 Å². The number of carbonyl (C=O) groups is 2. The van der Waals surface area contributed by atoms with Crippen LogP contribution in [0.3, 0.4) is 0 Å². The van der Waals surface area contributed by atoms with Crippen LogP contribution in [0.2, 0.25) is 0 Å². The fourth-order valence-electron chi connectivity index (χ4n) is 3.81. The molecule has 2 atom stereocenters. The van der Waals surface area contributed by atoms with Crippen molar-refractivity contribution in [2.24, 2.45) is 11.8 Å². The first kappa shape index (κ1) is 26.2. The maximum Gasteiger partial charge on any atom is 0.339 e. The van der Waals surface area contributed by atoms with Crippen LogP contribution < -0.4 is 0 Å². The second-order valence-electron chi connectivity index (χ2n) is 8.34. The van der Waals surface area contributed by atoms with Gasteiger partial charge in [0.05, 0.1) is 24.3 Å². The maximum atomic E-state index is 12.7. The van der Waals surface area contributed by atoms with Crippen molar-refractivity contribution < 1.29 is 19.1 Å². The second kappa shape index (κ2) is 15.9. The molecule has 0 aliphatic carbocycles. The van der Waals surface area contributed by atoms with E-state index in [1.165, 1.54) is 0 Å². The molecule has 0 aliphatic rings. The molecule has 0 aliphatic heterocycles. The average molecular weight is 419 g/mol. The predicted octanol–water partition coefficient (Wildman–Crippen LogP) is 7.21. The van der Waals surface area contributed by atoms with Crippen LogP contribution in [0.1, 0.15) is 113 Å². The van der Waals surface area contributed by atoms with Gasteiger partial charge in [-0.2, -0.15) is 0 Å². The quantitative estimate of drug-likeness (QED) is 0.266. The molecule has 4 heteroatoms. The lowest BCUT2D eigenvalue weighted by Crippen LogP contribution is -2.19. The van der Waals surface area contributed by atoms with E-state index in [1.54, 1.807) is 24.3 Å². The standard InChI is InChI=1S/C26H42O4/c1-5-9-15-21(13-7-3)19-29-25(27)23-17-11-12-18-24(23)26(28)30-20-22(14-8-4)16-10-6-2/h11-12,17-18,21-22H,5-10,13-16,19-20H2,1-4H3. The molecule has 170 valence electrons. The normalized spacial score (nSPS) is 12.9. The molecule has 2 unspecified atom stereocenters. The molecule has 4 nitrogen and oxygen atoms in total. The highest BCUT2D eigenvalue weighted by molar-refractivity contribution is 6.03. The Kier molecular flexibility index (Phi) is 13.9. The molecule has 0 N–H and O–H groups in total. The van der Waals surface area contributed by atoms with E-state index in [4.69, 9.17) is 9.47 Å². The molecule has 1 rings (SSSR count). The molecule has 1 aromatic carbocycles. The van der Waals surface area contributed by atoms with Crippen LogP contribution in [0.25, 0.3) is 0 Å². The number of benzene rings is 1. The van der Waals surface area contributed by atoms with Crippen molar-refractivity contribution in [3.63, 3.8) is 0 Å². The highest BCUT2D eigenvalue weighted by Crippen LogP contribution is 2.19. The van der Waals surface area contributed by atoms with E-state index in [-0.39, 0.29) is 0 Å². The van der Waals surface area contributed by atoms with Crippen molar-refractivity contribution in [2.75, 3.05) is 13.2 Å². The Hall–Kier alpha value is -1.84. The molecule has 0 fully saturated rings. The average Bonchev–Trinajstić information content (AvgIpc) is 2.77. The molecule has 30 heavy (non-hydrogen) atoms. The third-order valence-electron chi connectivity index (χ3n) is 5.59. The lowest BCUT2D eigenvalue weighted by molar-refractivity contribution is 0.0377. The van der Waals surface area contributed by atoms with Gasteiger partial charge >= 0.3 is 11.9 Å². The Morgan fingerprint density at radius 1 is 0.667 bits per heavy atom. The Bertz CT molecular complexity index is 558. The Morgan fingerprint density at radius 3 is 1.40 bits per heavy atom. The molecular formula is C26H42O4. The zero-order valence-electron chi connectivity index (χ0n) is 19.6. The highest BCUT2D eigenvalue weighted by Gasteiger charge is 2.21. The SMILES string of the molecule is CCCCC(CCC)COC(=O)c1ccccc1C(=O)OCC(CCC)CCCC. The molecule has 1 aromatic rings. The number of esters is 2. The first-order valence-corrected chi connectivity index (χ1v) is 12.0. The molecule has 0 saturated heterocycles. The van der Waals surface area contributed by atoms with Gasteiger partial charge in [0.25, 0.3) is 0 Å². The number of carbonyl (C=O) groups excluding carboxylic acids is 2. The van der Waals surface area contributed by atoms with Crippen LogP contribution in [0.5, 0.6) is 0 Å². The van der Waals surface area contributed by atoms with Crippen molar-refractivity contribution in [1.82, 2.24) is 0 Å². The molecule has 0 spiro atoms. The summed E-state index contributed by atoms with van der Waals surface area (Å²) >= 11 is 0. The minimum Gasteiger partial charge on any atom is -0.462 e. The van der Waals surface area contributed by atoms with E-state index in [9.17, 15) is 9.59 Å². The van der Waals surface area contributed by atoms with Crippen molar-refractivity contribution in [1.29, 1.82) is 0 Å². The van der Waals surface area contributed by atoms with Crippen LogP contribution in [0, 0.1) is 11.8 Å². The molecule has 0 saturated carbocycles. The number of unbranched alkanes of at least 4 members (excludes halogenated alkanes) is 2. The third-order valence-corrected chi connectivity index (χ3v) is 5.59. The summed E-state index contributed by atoms with van der Waals surface area (Å²) in [4.78, 5) is 25.4. The minimum absolute atomic E-state index is 0.300. The summed E-state index contributed by atoms with van der Waals surface area (Å²) in [5.74, 6) is -0.106. The molecule has 0 heterocycles. The van der Waals surface area contributed by atoms with E-state index in [2.05, 4.69) is 27.7 Å². The van der Waals surface area contributed by atoms with Crippen LogP contribution in [0.15, 0.2) is 24.3 Å². The summed E-state index contributed by atoms with van der Waals surface area (Å²) in [6.07, 6.45) is 10.9. The van der Waals surface area contributed by atoms with E-state index in [0.29, 0.717) is 36.2 Å². The first-order chi connectivity index (χ1) is 14.6. The van der Waals surface area contributed by atoms with Crippen LogP contribution >= 0.6 is 0 Å². The summed E-state index contributed by atoms with van der Waals surface area (Å²) < 4.78 is 11.2. The van der Waals surface area contributed by atoms with E-state index >= 15 is 0 Å². The Labute approximate surface area is 183 Å². The van der Waals surface area contributed by atoms with Crippen molar-refractivity contribution in [3.05, 3.63) is 35.4 Å². The summed E-state index contributed by atoms with van der Waals surface area (Å²) in [5, 5.41) is 0. The zero-order valence-corrected chi connectivity index (χ0v) is 19.6. The largest absolute Gasteiger partial charge is 0.462 e. The van der Waals surface area contributed by atoms with Crippen molar-refractivity contribution in [2.45, 2.75) is 91.9 Å². The van der Waals surface area contributed by atoms with Gasteiger partial charge in [-0.3, -0.25) is 0 Å². The monoisotopic (exact) mass is 418 g/mol. The lowest BCUT2D eigenvalue weighted by Gasteiger charge is -2.18. The van der Waals surface area contributed by atoms with Crippen LogP contribution in [-0.4, -0.2) is 25.2 Å². The van der Waals surface area contributed by atoms with Gasteiger partial charge in [0.1, 0.15) is 0 Å². The third kappa shape index (κ3) is 9.77. The fourth-order valence-corrected chi connectivity index (χ4v) is 3.81. The van der Waals surface area contributed by atoms with E-state index in [1.807, 2.05) is 0 Å². The molecule has 0 radical (unpaired) electrons. The van der Waals surface area contributed by atoms with Crippen molar-refractivity contribution >= 4 is 11.9 Å². The van der Waals surface area contributed by atoms with Gasteiger partial charge in [-0.1, -0.05) is 78.4 Å². The van der Waals surface area contributed by atoms with Gasteiger partial charge < -0.3 is 9.47 Å². The lowest BCUT2D eigenvalue weighted by atomic mass is 9.98. The van der Waals surface area contributed by atoms with Gasteiger partial charge in [0.2, 0.25) is 0 Å². The van der Waals surface area contributed by atoms with Gasteiger partial charge in [-0.15, -0.1) is 0 Å². The number of hydrogen-bond donors (Lipinski definition) is 0. The van der Waals surface area contributed by atoms with Crippen LogP contribution in [0.4, 0.5) is 0 Å². The topological polar surface area (TPSA) is 52.6 Å². The zero-order chi connectivity index (χ0) is 22.2. The molecule has 0 amide bonds. The van der Waals surface area contributed by atoms with Gasteiger partial charge in [0, 0.05) is 0 Å². The summed E-state index contributed by atoms with van der Waals surface area (Å²) in [6.45, 7) is 9.46. The second-order valence-corrected chi connectivity index (χ2v) is 8.34. The van der Waals surface area contributed by atoms with Gasteiger partial charge in [0.15, 0.2) is 0 Å². The summed E-state index contributed by atoms with van der Waals surface area (Å²) in [5.41, 5.74) is 0.600. The fraction of sp³-hybridized carbons (Fsp3) is 0.692. The van der Waals surface area contributed by atoms with Gasteiger partial charge in [-0.25, -0.2) is 9.59 Å². The predicted molar refractivity (Wildman–Crippen MR) is 123 cm³/mol. The van der Waals surface area contributed by atoms with Crippen molar-refractivity contribution in [3.8, 4) is 0 Å². The number of ether oxygens (including phenoxy) is 2. The smallest absolute Gasteiger partial charge is 0.339 e. The molecule has 0 bridgehead atoms. The summed E-state index contributed by atoms with van der Waals surface area (Å²) in [6, 6.07) is 6.82. The minimum atomic E-state index is -0.434. The summed E-state index contributed by atoms with van der Waals surface area (Å²) in [7, 11) is 0. The Morgan fingerprint density at radius 2 is 1.07 bits per heavy atom. The van der Waals surface area contributed by atoms with Gasteiger partial charge in [-0.05, 0) is 49.7 Å². The molecular weight excluding hydrogens is 376 g/mol. The first-order valence-electron chi connectivity index (χ1n) is 12.0. The van der Waals surface area contributed by atoms with Crippen LogP contribution in [-0.2, 0) is 9.47 Å². The number of hydrogen-bond acceptors (Lipinski definition) is 4.